The molecular formula is C20H17NO3S2. The number of methoxy groups -OCH3 is 1. The number of carbonyl (C=O) groups is 2. The average Bonchev–Trinajstić information content (AvgIpc) is 3.37. The van der Waals surface area contributed by atoms with E-state index in [-0.39, 0.29) is 11.9 Å². The van der Waals surface area contributed by atoms with E-state index in [1.54, 1.807) is 46.9 Å². The van der Waals surface area contributed by atoms with E-state index in [0.717, 1.165) is 11.3 Å². The van der Waals surface area contributed by atoms with Gasteiger partial charge in [-0.2, -0.15) is 0 Å². The highest BCUT2D eigenvalue weighted by atomic mass is 32.1. The normalized spacial score (nSPS) is 16.2. The Bertz CT molecular complexity index is 946. The summed E-state index contributed by atoms with van der Waals surface area (Å²) in [5.74, 6) is -0.501. The van der Waals surface area contributed by atoms with Crippen molar-refractivity contribution in [1.82, 2.24) is 4.90 Å². The molecule has 0 bridgehead atoms. The van der Waals surface area contributed by atoms with E-state index in [1.165, 1.54) is 17.6 Å². The van der Waals surface area contributed by atoms with E-state index in [1.807, 2.05) is 16.3 Å². The van der Waals surface area contributed by atoms with Crippen LogP contribution in [0.1, 0.15) is 42.1 Å². The van der Waals surface area contributed by atoms with Gasteiger partial charge in [-0.15, -0.1) is 22.7 Å². The number of benzene rings is 1. The fourth-order valence-electron chi connectivity index (χ4n) is 3.35. The highest BCUT2D eigenvalue weighted by molar-refractivity contribution is 7.10. The smallest absolute Gasteiger partial charge is 0.337 e. The van der Waals surface area contributed by atoms with Gasteiger partial charge in [0.05, 0.1) is 18.7 Å². The molecule has 1 amide bonds. The zero-order chi connectivity index (χ0) is 18.1. The van der Waals surface area contributed by atoms with Gasteiger partial charge in [-0.25, -0.2) is 4.79 Å². The first kappa shape index (κ1) is 17.0. The first-order valence-electron chi connectivity index (χ1n) is 8.28. The lowest BCUT2D eigenvalue weighted by Crippen LogP contribution is -2.39. The zero-order valence-electron chi connectivity index (χ0n) is 14.2. The minimum Gasteiger partial charge on any atom is -0.465 e. The Kier molecular flexibility index (Phi) is 4.61. The summed E-state index contributed by atoms with van der Waals surface area (Å²) in [6.45, 7) is 0.664. The van der Waals surface area contributed by atoms with Crippen LogP contribution in [0.3, 0.4) is 0 Å². The molecule has 26 heavy (non-hydrogen) atoms. The van der Waals surface area contributed by atoms with E-state index in [9.17, 15) is 9.59 Å². The fourth-order valence-corrected chi connectivity index (χ4v) is 5.11. The van der Waals surface area contributed by atoms with Gasteiger partial charge in [0, 0.05) is 21.9 Å². The fraction of sp³-hybridized carbons (Fsp3) is 0.200. The van der Waals surface area contributed by atoms with E-state index >= 15 is 0 Å². The van der Waals surface area contributed by atoms with Crippen LogP contribution in [0.25, 0.3) is 0 Å². The lowest BCUT2D eigenvalue weighted by molar-refractivity contribution is 0.0600. The number of nitrogens with zero attached hydrogens (tertiary/aromatic N) is 1. The second kappa shape index (κ2) is 7.05. The second-order valence-corrected chi connectivity index (χ2v) is 8.02. The largest absolute Gasteiger partial charge is 0.465 e. The Morgan fingerprint density at radius 1 is 1.08 bits per heavy atom. The summed E-state index contributed by atoms with van der Waals surface area (Å²) in [4.78, 5) is 29.5. The minimum absolute atomic E-state index is 0.0639. The highest BCUT2D eigenvalue weighted by Crippen LogP contribution is 2.40. The van der Waals surface area contributed by atoms with Gasteiger partial charge < -0.3 is 9.64 Å². The van der Waals surface area contributed by atoms with Gasteiger partial charge in [-0.1, -0.05) is 12.1 Å². The van der Waals surface area contributed by atoms with E-state index < -0.39 is 5.97 Å². The molecule has 0 saturated carbocycles. The Balaban J connectivity index is 1.72. The van der Waals surface area contributed by atoms with Crippen LogP contribution in [-0.2, 0) is 11.2 Å². The van der Waals surface area contributed by atoms with Crippen LogP contribution in [0, 0.1) is 0 Å². The van der Waals surface area contributed by atoms with Crippen molar-refractivity contribution in [3.05, 3.63) is 79.7 Å². The number of thiophene rings is 2. The molecule has 0 N–H and O–H groups in total. The molecule has 0 fully saturated rings. The van der Waals surface area contributed by atoms with Crippen molar-refractivity contribution in [3.8, 4) is 0 Å². The lowest BCUT2D eigenvalue weighted by Gasteiger charge is -2.35. The summed E-state index contributed by atoms with van der Waals surface area (Å²) in [6, 6.07) is 12.9. The maximum Gasteiger partial charge on any atom is 0.337 e. The number of ether oxygens (including phenoxy) is 1. The highest BCUT2D eigenvalue weighted by Gasteiger charge is 2.34. The molecule has 3 heterocycles. The Labute approximate surface area is 159 Å². The van der Waals surface area contributed by atoms with Crippen molar-refractivity contribution in [2.24, 2.45) is 0 Å². The summed E-state index contributed by atoms with van der Waals surface area (Å²) in [5, 5.41) is 4.13. The lowest BCUT2D eigenvalue weighted by atomic mass is 9.97. The zero-order valence-corrected chi connectivity index (χ0v) is 15.8. The van der Waals surface area contributed by atoms with Crippen molar-refractivity contribution >= 4 is 34.6 Å². The maximum atomic E-state index is 13.3. The molecule has 0 radical (unpaired) electrons. The van der Waals surface area contributed by atoms with Crippen LogP contribution in [0.4, 0.5) is 0 Å². The predicted octanol–water partition coefficient (Wildman–Crippen LogP) is 4.38. The summed E-state index contributed by atoms with van der Waals surface area (Å²) in [6.07, 6.45) is 0.858. The molecule has 0 saturated heterocycles. The number of carbonyl (C=O) groups excluding carboxylic acids is 2. The summed E-state index contributed by atoms with van der Waals surface area (Å²) in [7, 11) is 1.34. The van der Waals surface area contributed by atoms with Crippen LogP contribution >= 0.6 is 22.7 Å². The van der Waals surface area contributed by atoms with E-state index in [0.29, 0.717) is 17.7 Å². The minimum atomic E-state index is -0.437. The van der Waals surface area contributed by atoms with Gasteiger partial charge >= 0.3 is 5.97 Å². The number of rotatable bonds is 3. The average molecular weight is 383 g/mol. The van der Waals surface area contributed by atoms with Gasteiger partial charge in [0.15, 0.2) is 0 Å². The molecule has 6 heteroatoms. The first-order valence-corrected chi connectivity index (χ1v) is 10.0. The molecule has 1 aliphatic heterocycles. The number of hydrogen-bond donors (Lipinski definition) is 0. The second-order valence-electron chi connectivity index (χ2n) is 6.04. The third-order valence-electron chi connectivity index (χ3n) is 4.57. The van der Waals surface area contributed by atoms with Crippen molar-refractivity contribution in [3.63, 3.8) is 0 Å². The predicted molar refractivity (Wildman–Crippen MR) is 103 cm³/mol. The van der Waals surface area contributed by atoms with Gasteiger partial charge in [0.25, 0.3) is 5.91 Å². The van der Waals surface area contributed by atoms with Crippen molar-refractivity contribution in [2.45, 2.75) is 12.5 Å². The van der Waals surface area contributed by atoms with Crippen LogP contribution in [0.15, 0.2) is 53.2 Å². The van der Waals surface area contributed by atoms with Gasteiger partial charge in [-0.05, 0) is 53.1 Å². The molecule has 0 aliphatic carbocycles. The first-order chi connectivity index (χ1) is 12.7. The molecular weight excluding hydrogens is 366 g/mol. The van der Waals surface area contributed by atoms with Gasteiger partial charge in [0.1, 0.15) is 0 Å². The Morgan fingerprint density at radius 3 is 2.69 bits per heavy atom. The summed E-state index contributed by atoms with van der Waals surface area (Å²) in [5.41, 5.74) is 2.11. The standard InChI is InChI=1S/C20H17NO3S2/c1-24-20(23)14-5-2-4-13(12-14)19(22)21-9-7-16-15(8-11-26-16)18(21)17-6-3-10-25-17/h2-6,8,10-12,18H,7,9H2,1H3. The molecule has 1 aromatic carbocycles. The van der Waals surface area contributed by atoms with Crippen molar-refractivity contribution in [2.75, 3.05) is 13.7 Å². The Hall–Kier alpha value is -2.44. The molecule has 3 aromatic rings. The topological polar surface area (TPSA) is 46.6 Å². The molecule has 1 atom stereocenters. The van der Waals surface area contributed by atoms with Crippen LogP contribution < -0.4 is 0 Å². The maximum absolute atomic E-state index is 13.3. The van der Waals surface area contributed by atoms with E-state index in [4.69, 9.17) is 4.74 Å². The molecule has 4 rings (SSSR count). The third kappa shape index (κ3) is 2.95. The quantitative estimate of drug-likeness (QED) is 0.631. The monoisotopic (exact) mass is 383 g/mol. The SMILES string of the molecule is COC(=O)c1cccc(C(=O)N2CCc3sccc3C2c2cccs2)c1. The molecule has 0 spiro atoms. The molecule has 1 unspecified atom stereocenters. The van der Waals surface area contributed by atoms with Crippen LogP contribution in [0.2, 0.25) is 0 Å². The number of hydrogen-bond acceptors (Lipinski definition) is 5. The molecule has 1 aliphatic rings. The molecule has 4 nitrogen and oxygen atoms in total. The number of fused-ring (bicyclic) bond motifs is 1. The molecule has 132 valence electrons. The van der Waals surface area contributed by atoms with Gasteiger partial charge in [-0.3, -0.25) is 4.79 Å². The molecule has 2 aromatic heterocycles. The number of esters is 1. The summed E-state index contributed by atoms with van der Waals surface area (Å²) < 4.78 is 4.77. The van der Waals surface area contributed by atoms with Crippen LogP contribution in [-0.4, -0.2) is 30.4 Å². The Morgan fingerprint density at radius 2 is 1.92 bits per heavy atom. The van der Waals surface area contributed by atoms with E-state index in [2.05, 4.69) is 17.5 Å². The van der Waals surface area contributed by atoms with Crippen molar-refractivity contribution in [1.29, 1.82) is 0 Å². The third-order valence-corrected chi connectivity index (χ3v) is 6.49. The van der Waals surface area contributed by atoms with Crippen LogP contribution in [0.5, 0.6) is 0 Å². The summed E-state index contributed by atoms with van der Waals surface area (Å²) >= 11 is 3.41. The number of amides is 1. The van der Waals surface area contributed by atoms with Crippen molar-refractivity contribution < 1.29 is 14.3 Å². The van der Waals surface area contributed by atoms with Gasteiger partial charge in [0.2, 0.25) is 0 Å².